The number of rotatable bonds is 7. The molecule has 1 fully saturated rings. The first-order chi connectivity index (χ1) is 16.1. The van der Waals surface area contributed by atoms with Gasteiger partial charge in [0.2, 0.25) is 11.8 Å². The molecule has 172 valence electrons. The van der Waals surface area contributed by atoms with Crippen LogP contribution >= 0.6 is 11.6 Å². The van der Waals surface area contributed by atoms with Crippen LogP contribution in [0.2, 0.25) is 5.02 Å². The highest BCUT2D eigenvalue weighted by Crippen LogP contribution is 2.36. The lowest BCUT2D eigenvalue weighted by Crippen LogP contribution is -2.26. The molecule has 0 saturated carbocycles. The van der Waals surface area contributed by atoms with Crippen LogP contribution in [-0.2, 0) is 18.3 Å². The standard InChI is InChI=1S/C23H26ClN7O2/c1-25-10-14-3-4-19(18(24)9-14)28-23-29-21-20(17(12-26-21)15-11-27-31(2)13-15)22(30-23)33-16-5-7-32-8-6-16/h3-4,9,11-13,16,25H,5-8,10H2,1-2H3,(H2,26,28,29,30). The summed E-state index contributed by atoms with van der Waals surface area (Å²) < 4.78 is 13.7. The highest BCUT2D eigenvalue weighted by molar-refractivity contribution is 6.33. The second-order valence-corrected chi connectivity index (χ2v) is 8.49. The van der Waals surface area contributed by atoms with E-state index in [0.717, 1.165) is 47.2 Å². The molecule has 0 bridgehead atoms. The predicted molar refractivity (Wildman–Crippen MR) is 128 cm³/mol. The number of H-pyrrole nitrogens is 1. The largest absolute Gasteiger partial charge is 0.474 e. The fraction of sp³-hybridized carbons (Fsp3) is 0.348. The number of hydrogen-bond acceptors (Lipinski definition) is 7. The second-order valence-electron chi connectivity index (χ2n) is 8.08. The zero-order valence-corrected chi connectivity index (χ0v) is 19.3. The molecule has 0 spiro atoms. The minimum atomic E-state index is 0.0331. The van der Waals surface area contributed by atoms with E-state index in [4.69, 9.17) is 31.0 Å². The Morgan fingerprint density at radius 3 is 2.85 bits per heavy atom. The van der Waals surface area contributed by atoms with Crippen molar-refractivity contribution in [3.05, 3.63) is 47.4 Å². The van der Waals surface area contributed by atoms with Crippen molar-refractivity contribution in [2.45, 2.75) is 25.5 Å². The molecule has 3 aromatic heterocycles. The molecule has 4 heterocycles. The van der Waals surface area contributed by atoms with E-state index >= 15 is 0 Å². The summed E-state index contributed by atoms with van der Waals surface area (Å²) in [6.45, 7) is 2.10. The highest BCUT2D eigenvalue weighted by Gasteiger charge is 2.22. The van der Waals surface area contributed by atoms with Crippen molar-refractivity contribution in [1.82, 2.24) is 30.0 Å². The molecule has 4 aromatic rings. The third-order valence-corrected chi connectivity index (χ3v) is 5.93. The zero-order chi connectivity index (χ0) is 22.8. The number of nitrogens with zero attached hydrogens (tertiary/aromatic N) is 4. The van der Waals surface area contributed by atoms with Gasteiger partial charge in [-0.25, -0.2) is 0 Å². The van der Waals surface area contributed by atoms with Gasteiger partial charge in [-0.1, -0.05) is 17.7 Å². The normalized spacial score (nSPS) is 14.6. The number of hydrogen-bond donors (Lipinski definition) is 3. The number of nitrogens with one attached hydrogen (secondary N) is 3. The second kappa shape index (κ2) is 9.38. The molecule has 1 aromatic carbocycles. The fourth-order valence-corrected chi connectivity index (χ4v) is 4.23. The molecule has 0 unspecified atom stereocenters. The van der Waals surface area contributed by atoms with E-state index in [9.17, 15) is 0 Å². The Labute approximate surface area is 196 Å². The first kappa shape index (κ1) is 21.7. The molecule has 1 saturated heterocycles. The molecule has 0 radical (unpaired) electrons. The molecule has 0 amide bonds. The van der Waals surface area contributed by atoms with Crippen LogP contribution in [0, 0.1) is 0 Å². The Morgan fingerprint density at radius 1 is 1.27 bits per heavy atom. The van der Waals surface area contributed by atoms with Crippen molar-refractivity contribution in [3.8, 4) is 17.0 Å². The Balaban J connectivity index is 1.53. The Kier molecular flexibility index (Phi) is 6.17. The monoisotopic (exact) mass is 467 g/mol. The molecule has 0 atom stereocenters. The van der Waals surface area contributed by atoms with Gasteiger partial charge in [-0.2, -0.15) is 15.1 Å². The summed E-state index contributed by atoms with van der Waals surface area (Å²) in [4.78, 5) is 12.7. The summed E-state index contributed by atoms with van der Waals surface area (Å²) in [5.74, 6) is 0.935. The lowest BCUT2D eigenvalue weighted by atomic mass is 10.1. The molecule has 33 heavy (non-hydrogen) atoms. The van der Waals surface area contributed by atoms with Crippen molar-refractivity contribution in [2.24, 2.45) is 7.05 Å². The van der Waals surface area contributed by atoms with Gasteiger partial charge >= 0.3 is 0 Å². The van der Waals surface area contributed by atoms with Crippen LogP contribution < -0.4 is 15.4 Å². The third kappa shape index (κ3) is 4.66. The van der Waals surface area contributed by atoms with Gasteiger partial charge in [0.25, 0.3) is 0 Å². The maximum atomic E-state index is 6.51. The molecule has 3 N–H and O–H groups in total. The molecule has 9 nitrogen and oxygen atoms in total. The van der Waals surface area contributed by atoms with Crippen LogP contribution in [0.15, 0.2) is 36.8 Å². The van der Waals surface area contributed by atoms with Gasteiger partial charge in [0.05, 0.1) is 35.5 Å². The van der Waals surface area contributed by atoms with Gasteiger partial charge in [0.1, 0.15) is 11.8 Å². The number of aryl methyl sites for hydroxylation is 1. The van der Waals surface area contributed by atoms with E-state index in [2.05, 4.69) is 20.7 Å². The van der Waals surface area contributed by atoms with Crippen LogP contribution in [0.5, 0.6) is 5.88 Å². The molecule has 1 aliphatic rings. The minimum absolute atomic E-state index is 0.0331. The van der Waals surface area contributed by atoms with E-state index in [1.165, 1.54) is 0 Å². The van der Waals surface area contributed by atoms with Crippen LogP contribution in [0.1, 0.15) is 18.4 Å². The molecular weight excluding hydrogens is 442 g/mol. The Morgan fingerprint density at radius 2 is 2.12 bits per heavy atom. The fourth-order valence-electron chi connectivity index (χ4n) is 3.98. The van der Waals surface area contributed by atoms with E-state index in [0.29, 0.717) is 35.7 Å². The van der Waals surface area contributed by atoms with Crippen molar-refractivity contribution >= 4 is 34.3 Å². The van der Waals surface area contributed by atoms with E-state index < -0.39 is 0 Å². The maximum absolute atomic E-state index is 6.51. The minimum Gasteiger partial charge on any atom is -0.474 e. The first-order valence-electron chi connectivity index (χ1n) is 10.9. The topological polar surface area (TPSA) is 102 Å². The SMILES string of the molecule is CNCc1ccc(Nc2nc(OC3CCOCC3)c3c(-c4cnn(C)c4)c[nH]c3n2)c(Cl)c1. The summed E-state index contributed by atoms with van der Waals surface area (Å²) in [7, 11) is 3.79. The zero-order valence-electron chi connectivity index (χ0n) is 18.6. The lowest BCUT2D eigenvalue weighted by molar-refractivity contribution is 0.0245. The predicted octanol–water partition coefficient (Wildman–Crippen LogP) is 4.03. The number of ether oxygens (including phenoxy) is 2. The van der Waals surface area contributed by atoms with Gasteiger partial charge in [0, 0.05) is 50.0 Å². The van der Waals surface area contributed by atoms with Crippen molar-refractivity contribution < 1.29 is 9.47 Å². The number of halogens is 1. The van der Waals surface area contributed by atoms with E-state index in [1.54, 1.807) is 4.68 Å². The Hall–Kier alpha value is -3.14. The summed E-state index contributed by atoms with van der Waals surface area (Å²) in [6, 6.07) is 5.86. The third-order valence-electron chi connectivity index (χ3n) is 5.62. The van der Waals surface area contributed by atoms with Crippen LogP contribution in [0.4, 0.5) is 11.6 Å². The van der Waals surface area contributed by atoms with E-state index in [1.807, 2.05) is 50.9 Å². The van der Waals surface area contributed by atoms with Crippen LogP contribution in [0.3, 0.4) is 0 Å². The van der Waals surface area contributed by atoms with Crippen LogP contribution in [-0.4, -0.2) is 51.1 Å². The van der Waals surface area contributed by atoms with Gasteiger partial charge < -0.3 is 25.1 Å². The first-order valence-corrected chi connectivity index (χ1v) is 11.3. The summed E-state index contributed by atoms with van der Waals surface area (Å²) >= 11 is 6.51. The van der Waals surface area contributed by atoms with Crippen LogP contribution in [0.25, 0.3) is 22.2 Å². The highest BCUT2D eigenvalue weighted by atomic mass is 35.5. The molecule has 0 aliphatic carbocycles. The molecular formula is C23H26ClN7O2. The number of benzene rings is 1. The van der Waals surface area contributed by atoms with Gasteiger partial charge in [-0.05, 0) is 24.7 Å². The van der Waals surface area contributed by atoms with Crippen molar-refractivity contribution in [1.29, 1.82) is 0 Å². The van der Waals surface area contributed by atoms with Gasteiger partial charge in [-0.3, -0.25) is 4.68 Å². The number of aromatic nitrogens is 5. The quantitative estimate of drug-likeness (QED) is 0.377. The summed E-state index contributed by atoms with van der Waals surface area (Å²) in [6.07, 6.45) is 7.36. The molecule has 1 aliphatic heterocycles. The summed E-state index contributed by atoms with van der Waals surface area (Å²) in [5.41, 5.74) is 4.41. The van der Waals surface area contributed by atoms with Crippen molar-refractivity contribution in [3.63, 3.8) is 0 Å². The number of fused-ring (bicyclic) bond motifs is 1. The van der Waals surface area contributed by atoms with E-state index in [-0.39, 0.29) is 6.10 Å². The van der Waals surface area contributed by atoms with Crippen molar-refractivity contribution in [2.75, 3.05) is 25.6 Å². The smallest absolute Gasteiger partial charge is 0.232 e. The Bertz CT molecular complexity index is 1260. The maximum Gasteiger partial charge on any atom is 0.232 e. The molecule has 10 heteroatoms. The average Bonchev–Trinajstić information content (AvgIpc) is 3.43. The summed E-state index contributed by atoms with van der Waals surface area (Å²) in [5, 5.41) is 12.1. The average molecular weight is 468 g/mol. The van der Waals surface area contributed by atoms with Gasteiger partial charge in [0.15, 0.2) is 0 Å². The molecule has 5 rings (SSSR count). The van der Waals surface area contributed by atoms with Gasteiger partial charge in [-0.15, -0.1) is 0 Å². The number of anilines is 2. The number of aromatic amines is 1. The lowest BCUT2D eigenvalue weighted by Gasteiger charge is -2.23.